The fourth-order valence-electron chi connectivity index (χ4n) is 1.92. The lowest BCUT2D eigenvalue weighted by molar-refractivity contribution is -0.385. The minimum absolute atomic E-state index is 0.0456. The van der Waals surface area contributed by atoms with Crippen LogP contribution in [0.4, 0.5) is 10.1 Å². The molecule has 0 saturated carbocycles. The molecule has 2 rings (SSSR count). The van der Waals surface area contributed by atoms with E-state index in [2.05, 4.69) is 5.32 Å². The Hall–Kier alpha value is -1.92. The maximum Gasteiger partial charge on any atom is 0.273 e. The van der Waals surface area contributed by atoms with Gasteiger partial charge in [-0.25, -0.2) is 4.39 Å². The molecule has 0 fully saturated rings. The highest BCUT2D eigenvalue weighted by atomic mass is 32.2. The Morgan fingerprint density at radius 3 is 2.57 bits per heavy atom. The van der Waals surface area contributed by atoms with E-state index in [0.717, 1.165) is 17.5 Å². The van der Waals surface area contributed by atoms with E-state index in [1.807, 2.05) is 31.3 Å². The van der Waals surface area contributed by atoms with Crippen LogP contribution in [0.3, 0.4) is 0 Å². The Kier molecular flexibility index (Phi) is 5.30. The summed E-state index contributed by atoms with van der Waals surface area (Å²) in [5.41, 5.74) is 1.51. The van der Waals surface area contributed by atoms with E-state index in [-0.39, 0.29) is 5.69 Å². The van der Waals surface area contributed by atoms with Crippen molar-refractivity contribution in [2.45, 2.75) is 17.2 Å². The van der Waals surface area contributed by atoms with E-state index in [0.29, 0.717) is 11.3 Å². The molecule has 0 spiro atoms. The second-order valence-corrected chi connectivity index (χ2v) is 5.54. The zero-order valence-corrected chi connectivity index (χ0v) is 12.3. The van der Waals surface area contributed by atoms with Crippen molar-refractivity contribution < 1.29 is 9.31 Å². The number of nitrogens with zero attached hydrogens (tertiary/aromatic N) is 1. The molecule has 0 bridgehead atoms. The SMILES string of the molecule is CNCc1ccc(SCc2cc(F)ccc2[N+](=O)[O-])cc1. The number of benzene rings is 2. The molecule has 0 atom stereocenters. The first-order valence-corrected chi connectivity index (χ1v) is 7.38. The summed E-state index contributed by atoms with van der Waals surface area (Å²) in [6.45, 7) is 0.792. The first-order chi connectivity index (χ1) is 10.1. The number of halogens is 1. The fraction of sp³-hybridized carbons (Fsp3) is 0.200. The van der Waals surface area contributed by atoms with Gasteiger partial charge in [-0.15, -0.1) is 11.8 Å². The Bertz CT molecular complexity index is 632. The van der Waals surface area contributed by atoms with Crippen molar-refractivity contribution in [3.05, 3.63) is 69.5 Å². The van der Waals surface area contributed by atoms with Crippen LogP contribution in [-0.4, -0.2) is 12.0 Å². The second-order valence-electron chi connectivity index (χ2n) is 4.49. The summed E-state index contributed by atoms with van der Waals surface area (Å²) in [6, 6.07) is 11.5. The van der Waals surface area contributed by atoms with Gasteiger partial charge in [0.15, 0.2) is 0 Å². The Balaban J connectivity index is 2.08. The molecule has 21 heavy (non-hydrogen) atoms. The maximum atomic E-state index is 13.2. The van der Waals surface area contributed by atoms with Gasteiger partial charge in [-0.05, 0) is 36.9 Å². The van der Waals surface area contributed by atoms with Gasteiger partial charge < -0.3 is 5.32 Å². The van der Waals surface area contributed by atoms with Crippen LogP contribution in [0.25, 0.3) is 0 Å². The summed E-state index contributed by atoms with van der Waals surface area (Å²) in [6.07, 6.45) is 0. The summed E-state index contributed by atoms with van der Waals surface area (Å²) in [4.78, 5) is 11.4. The van der Waals surface area contributed by atoms with Crippen molar-refractivity contribution >= 4 is 17.4 Å². The van der Waals surface area contributed by atoms with Gasteiger partial charge in [-0.1, -0.05) is 12.1 Å². The highest BCUT2D eigenvalue weighted by Crippen LogP contribution is 2.28. The van der Waals surface area contributed by atoms with Gasteiger partial charge in [0, 0.05) is 28.8 Å². The van der Waals surface area contributed by atoms with Crippen LogP contribution in [0.2, 0.25) is 0 Å². The third-order valence-electron chi connectivity index (χ3n) is 2.94. The van der Waals surface area contributed by atoms with Crippen molar-refractivity contribution in [3.63, 3.8) is 0 Å². The van der Waals surface area contributed by atoms with Crippen LogP contribution in [-0.2, 0) is 12.3 Å². The van der Waals surface area contributed by atoms with Crippen LogP contribution in [0.5, 0.6) is 0 Å². The lowest BCUT2D eigenvalue weighted by Gasteiger charge is -2.05. The lowest BCUT2D eigenvalue weighted by atomic mass is 10.2. The van der Waals surface area contributed by atoms with Crippen molar-refractivity contribution in [1.29, 1.82) is 0 Å². The van der Waals surface area contributed by atoms with Gasteiger partial charge in [-0.3, -0.25) is 10.1 Å². The Morgan fingerprint density at radius 2 is 1.95 bits per heavy atom. The van der Waals surface area contributed by atoms with Crippen LogP contribution in [0.1, 0.15) is 11.1 Å². The predicted octanol–water partition coefficient (Wildman–Crippen LogP) is 3.75. The molecule has 0 aliphatic heterocycles. The van der Waals surface area contributed by atoms with E-state index >= 15 is 0 Å². The molecule has 6 heteroatoms. The highest BCUT2D eigenvalue weighted by Gasteiger charge is 2.14. The Morgan fingerprint density at radius 1 is 1.24 bits per heavy atom. The summed E-state index contributed by atoms with van der Waals surface area (Å²) in [5.74, 6) is -0.0972. The van der Waals surface area contributed by atoms with E-state index < -0.39 is 10.7 Å². The van der Waals surface area contributed by atoms with Crippen LogP contribution >= 0.6 is 11.8 Å². The zero-order chi connectivity index (χ0) is 15.2. The summed E-state index contributed by atoms with van der Waals surface area (Å²) < 4.78 is 13.2. The number of rotatable bonds is 6. The molecule has 2 aromatic rings. The molecular weight excluding hydrogens is 291 g/mol. The van der Waals surface area contributed by atoms with Gasteiger partial charge in [0.05, 0.1) is 4.92 Å². The van der Waals surface area contributed by atoms with Crippen molar-refractivity contribution in [2.24, 2.45) is 0 Å². The van der Waals surface area contributed by atoms with Gasteiger partial charge in [0.2, 0.25) is 0 Å². The number of thioether (sulfide) groups is 1. The standard InChI is InChI=1S/C15H15FN2O2S/c1-17-9-11-2-5-14(6-3-11)21-10-12-8-13(16)4-7-15(12)18(19)20/h2-8,17H,9-10H2,1H3. The zero-order valence-electron chi connectivity index (χ0n) is 11.5. The number of nitro benzene ring substituents is 1. The number of nitrogens with one attached hydrogen (secondary N) is 1. The third kappa shape index (κ3) is 4.27. The quantitative estimate of drug-likeness (QED) is 0.502. The number of nitro groups is 1. The summed E-state index contributed by atoms with van der Waals surface area (Å²) >= 11 is 1.45. The minimum atomic E-state index is -0.481. The molecule has 0 radical (unpaired) electrons. The molecule has 2 aromatic carbocycles. The lowest BCUT2D eigenvalue weighted by Crippen LogP contribution is -2.04. The molecule has 4 nitrogen and oxygen atoms in total. The van der Waals surface area contributed by atoms with E-state index in [1.54, 1.807) is 0 Å². The predicted molar refractivity (Wildman–Crippen MR) is 81.8 cm³/mol. The first-order valence-electron chi connectivity index (χ1n) is 6.39. The topological polar surface area (TPSA) is 55.2 Å². The molecule has 110 valence electrons. The number of hydrogen-bond acceptors (Lipinski definition) is 4. The smallest absolute Gasteiger partial charge is 0.273 e. The van der Waals surface area contributed by atoms with Gasteiger partial charge in [-0.2, -0.15) is 0 Å². The van der Waals surface area contributed by atoms with E-state index in [1.165, 1.54) is 29.5 Å². The molecule has 0 heterocycles. The highest BCUT2D eigenvalue weighted by molar-refractivity contribution is 7.98. The molecule has 0 aliphatic rings. The molecular formula is C15H15FN2O2S. The molecule has 1 N–H and O–H groups in total. The second kappa shape index (κ2) is 7.19. The minimum Gasteiger partial charge on any atom is -0.316 e. The fourth-order valence-corrected chi connectivity index (χ4v) is 2.80. The first kappa shape index (κ1) is 15.5. The van der Waals surface area contributed by atoms with Gasteiger partial charge in [0.1, 0.15) is 5.82 Å². The van der Waals surface area contributed by atoms with Crippen LogP contribution in [0, 0.1) is 15.9 Å². The van der Waals surface area contributed by atoms with Crippen molar-refractivity contribution in [2.75, 3.05) is 7.05 Å². The van der Waals surface area contributed by atoms with Gasteiger partial charge >= 0.3 is 0 Å². The molecule has 0 saturated heterocycles. The molecule has 0 unspecified atom stereocenters. The van der Waals surface area contributed by atoms with Crippen molar-refractivity contribution in [1.82, 2.24) is 5.32 Å². The molecule has 0 amide bonds. The normalized spacial score (nSPS) is 10.6. The summed E-state index contributed by atoms with van der Waals surface area (Å²) in [7, 11) is 1.88. The molecule has 0 aromatic heterocycles. The monoisotopic (exact) mass is 306 g/mol. The van der Waals surface area contributed by atoms with Crippen LogP contribution in [0.15, 0.2) is 47.4 Å². The average molecular weight is 306 g/mol. The number of hydrogen-bond donors (Lipinski definition) is 1. The van der Waals surface area contributed by atoms with Gasteiger partial charge in [0.25, 0.3) is 5.69 Å². The third-order valence-corrected chi connectivity index (χ3v) is 4.00. The summed E-state index contributed by atoms with van der Waals surface area (Å²) in [5, 5.41) is 14.0. The van der Waals surface area contributed by atoms with E-state index in [9.17, 15) is 14.5 Å². The average Bonchev–Trinajstić information content (AvgIpc) is 2.46. The molecule has 0 aliphatic carbocycles. The Labute approximate surface area is 126 Å². The maximum absolute atomic E-state index is 13.2. The van der Waals surface area contributed by atoms with E-state index in [4.69, 9.17) is 0 Å². The largest absolute Gasteiger partial charge is 0.316 e. The van der Waals surface area contributed by atoms with Crippen molar-refractivity contribution in [3.8, 4) is 0 Å². The van der Waals surface area contributed by atoms with Crippen LogP contribution < -0.4 is 5.32 Å².